The Balaban J connectivity index is 1.21. The van der Waals surface area contributed by atoms with Gasteiger partial charge in [0.25, 0.3) is 0 Å². The minimum Gasteiger partial charge on any atom is -0.486 e. The van der Waals surface area contributed by atoms with Gasteiger partial charge in [0.2, 0.25) is 22.4 Å². The molecule has 0 radical (unpaired) electrons. The fourth-order valence-electron chi connectivity index (χ4n) is 5.04. The highest BCUT2D eigenvalue weighted by molar-refractivity contribution is 8.02. The molecule has 0 fully saturated rings. The van der Waals surface area contributed by atoms with Crippen molar-refractivity contribution in [2.75, 3.05) is 6.61 Å². The average molecular weight is 597 g/mol. The number of halogens is 2. The Morgan fingerprint density at radius 2 is 1.67 bits per heavy atom. The van der Waals surface area contributed by atoms with E-state index in [2.05, 4.69) is 6.08 Å². The fraction of sp³-hybridized carbons (Fsp3) is 0.172. The van der Waals surface area contributed by atoms with Crippen molar-refractivity contribution in [1.82, 2.24) is 0 Å². The van der Waals surface area contributed by atoms with E-state index in [0.29, 0.717) is 49.9 Å². The topological polar surface area (TPSA) is 78.9 Å². The Bertz CT molecular complexity index is 1890. The lowest BCUT2D eigenvalue weighted by molar-refractivity contribution is 0.0967. The highest BCUT2D eigenvalue weighted by Crippen LogP contribution is 2.51. The first kappa shape index (κ1) is 24.8. The molecule has 6 nitrogen and oxygen atoms in total. The zero-order valence-electron chi connectivity index (χ0n) is 20.0. The van der Waals surface area contributed by atoms with Crippen molar-refractivity contribution in [3.05, 3.63) is 102 Å². The second-order valence-corrected chi connectivity index (χ2v) is 12.1. The van der Waals surface area contributed by atoms with E-state index in [1.165, 1.54) is 11.3 Å². The number of rotatable bonds is 5. The van der Waals surface area contributed by atoms with Crippen LogP contribution in [0.3, 0.4) is 0 Å². The van der Waals surface area contributed by atoms with Crippen LogP contribution in [0.1, 0.15) is 17.4 Å². The third kappa shape index (κ3) is 4.26. The van der Waals surface area contributed by atoms with Crippen LogP contribution in [0.25, 0.3) is 32.6 Å². The van der Waals surface area contributed by atoms with E-state index >= 15 is 0 Å². The SMILES string of the molecule is O=c1c(OCCC2Oc3c(oc4ccc(Cl)cc4c3=O)C3SC=CC23)c(-c2cccs2)oc2ccc(Cl)cc12. The molecule has 3 aromatic heterocycles. The minimum absolute atomic E-state index is 0.0254. The molecule has 3 atom stereocenters. The maximum Gasteiger partial charge on any atom is 0.235 e. The van der Waals surface area contributed by atoms with Gasteiger partial charge in [-0.05, 0) is 53.3 Å². The molecule has 2 aromatic carbocycles. The molecule has 0 saturated heterocycles. The minimum atomic E-state index is -0.361. The van der Waals surface area contributed by atoms with Crippen LogP contribution in [0.4, 0.5) is 0 Å². The fourth-order valence-corrected chi connectivity index (χ4v) is 7.26. The number of benzene rings is 2. The monoisotopic (exact) mass is 596 g/mol. The van der Waals surface area contributed by atoms with Gasteiger partial charge >= 0.3 is 0 Å². The van der Waals surface area contributed by atoms with Gasteiger partial charge in [0.1, 0.15) is 17.3 Å². The lowest BCUT2D eigenvalue weighted by Crippen LogP contribution is -2.36. The van der Waals surface area contributed by atoms with Crippen LogP contribution in [-0.4, -0.2) is 12.7 Å². The van der Waals surface area contributed by atoms with Gasteiger partial charge in [0.05, 0.1) is 27.5 Å². The predicted octanol–water partition coefficient (Wildman–Crippen LogP) is 8.08. The molecule has 0 N–H and O–H groups in total. The Morgan fingerprint density at radius 1 is 0.923 bits per heavy atom. The zero-order valence-corrected chi connectivity index (χ0v) is 23.2. The van der Waals surface area contributed by atoms with Crippen LogP contribution in [0.5, 0.6) is 11.5 Å². The van der Waals surface area contributed by atoms with Crippen LogP contribution >= 0.6 is 46.3 Å². The van der Waals surface area contributed by atoms with Gasteiger partial charge < -0.3 is 18.3 Å². The highest BCUT2D eigenvalue weighted by atomic mass is 35.5. The van der Waals surface area contributed by atoms with Crippen molar-refractivity contribution in [3.63, 3.8) is 0 Å². The number of thioether (sulfide) groups is 1. The molecule has 0 amide bonds. The van der Waals surface area contributed by atoms with Crippen molar-refractivity contribution < 1.29 is 18.3 Å². The number of hydrogen-bond acceptors (Lipinski definition) is 8. The summed E-state index contributed by atoms with van der Waals surface area (Å²) >= 11 is 15.3. The molecule has 0 saturated carbocycles. The van der Waals surface area contributed by atoms with Crippen molar-refractivity contribution >= 4 is 68.2 Å². The summed E-state index contributed by atoms with van der Waals surface area (Å²) in [6.07, 6.45) is 2.13. The molecule has 3 unspecified atom stereocenters. The summed E-state index contributed by atoms with van der Waals surface area (Å²) in [6, 6.07) is 13.7. The zero-order chi connectivity index (χ0) is 26.7. The second kappa shape index (κ2) is 9.78. The number of fused-ring (bicyclic) bond motifs is 5. The van der Waals surface area contributed by atoms with Gasteiger partial charge in [-0.2, -0.15) is 0 Å². The van der Waals surface area contributed by atoms with Gasteiger partial charge in [0.15, 0.2) is 11.5 Å². The van der Waals surface area contributed by atoms with Crippen molar-refractivity contribution in [2.24, 2.45) is 5.92 Å². The van der Waals surface area contributed by atoms with Gasteiger partial charge in [-0.15, -0.1) is 23.1 Å². The Morgan fingerprint density at radius 3 is 2.41 bits per heavy atom. The molecular formula is C29H18Cl2O6S2. The molecule has 5 aromatic rings. The van der Waals surface area contributed by atoms with E-state index < -0.39 is 0 Å². The van der Waals surface area contributed by atoms with Crippen molar-refractivity contribution in [1.29, 1.82) is 0 Å². The van der Waals surface area contributed by atoms with Crippen LogP contribution in [-0.2, 0) is 0 Å². The number of ether oxygens (including phenoxy) is 2. The quantitative estimate of drug-likeness (QED) is 0.203. The van der Waals surface area contributed by atoms with Crippen LogP contribution < -0.4 is 20.3 Å². The Kier molecular flexibility index (Phi) is 6.23. The van der Waals surface area contributed by atoms with Crippen LogP contribution in [0.2, 0.25) is 10.0 Å². The van der Waals surface area contributed by atoms with E-state index in [0.717, 1.165) is 4.88 Å². The van der Waals surface area contributed by atoms with E-state index in [9.17, 15) is 9.59 Å². The van der Waals surface area contributed by atoms with Gasteiger partial charge in [-0.1, -0.05) is 35.3 Å². The first-order valence-electron chi connectivity index (χ1n) is 12.2. The summed E-state index contributed by atoms with van der Waals surface area (Å²) in [4.78, 5) is 27.6. The summed E-state index contributed by atoms with van der Waals surface area (Å²) in [5.74, 6) is 1.20. The Labute approximate surface area is 239 Å². The lowest BCUT2D eigenvalue weighted by atomic mass is 9.91. The molecule has 196 valence electrons. The molecule has 2 aliphatic rings. The normalized spacial score (nSPS) is 19.7. The summed E-state index contributed by atoms with van der Waals surface area (Å²) in [5.41, 5.74) is 0.360. The standard InChI is InChI=1S/C29H18Cl2O6S2/c30-14-3-5-19-17(12-14)23(32)26(25(35-19)22-2-1-10-38-22)34-9-7-21-16-8-11-39-29(16)28-27(36-21)24(33)18-13-15(31)4-6-20(18)37-28/h1-6,8,10-13,16,21,29H,7,9H2. The molecule has 0 spiro atoms. The second-order valence-electron chi connectivity index (χ2n) is 9.23. The third-order valence-electron chi connectivity index (χ3n) is 6.87. The predicted molar refractivity (Wildman–Crippen MR) is 156 cm³/mol. The van der Waals surface area contributed by atoms with Crippen molar-refractivity contribution in [3.8, 4) is 22.1 Å². The summed E-state index contributed by atoms with van der Waals surface area (Å²) in [6.45, 7) is 0.168. The summed E-state index contributed by atoms with van der Waals surface area (Å²) in [5, 5.41) is 5.42. The average Bonchev–Trinajstić information content (AvgIpc) is 3.64. The molecule has 5 heterocycles. The van der Waals surface area contributed by atoms with Gasteiger partial charge in [-0.3, -0.25) is 9.59 Å². The maximum absolute atomic E-state index is 13.5. The lowest BCUT2D eigenvalue weighted by Gasteiger charge is -2.33. The summed E-state index contributed by atoms with van der Waals surface area (Å²) in [7, 11) is 0. The highest BCUT2D eigenvalue weighted by Gasteiger charge is 2.43. The van der Waals surface area contributed by atoms with E-state index in [-0.39, 0.29) is 46.2 Å². The molecule has 0 aliphatic carbocycles. The maximum atomic E-state index is 13.5. The van der Waals surface area contributed by atoms with Crippen LogP contribution in [0.15, 0.2) is 83.8 Å². The largest absolute Gasteiger partial charge is 0.486 e. The van der Waals surface area contributed by atoms with Gasteiger partial charge in [0, 0.05) is 22.4 Å². The van der Waals surface area contributed by atoms with E-state index in [1.54, 1.807) is 48.2 Å². The molecule has 0 bridgehead atoms. The van der Waals surface area contributed by atoms with Crippen molar-refractivity contribution in [2.45, 2.75) is 17.8 Å². The molecular weight excluding hydrogens is 579 g/mol. The smallest absolute Gasteiger partial charge is 0.235 e. The van der Waals surface area contributed by atoms with E-state index in [1.807, 2.05) is 22.9 Å². The van der Waals surface area contributed by atoms with E-state index in [4.69, 9.17) is 41.5 Å². The number of hydrogen-bond donors (Lipinski definition) is 0. The molecule has 39 heavy (non-hydrogen) atoms. The molecule has 10 heteroatoms. The molecule has 7 rings (SSSR count). The third-order valence-corrected chi connectivity index (χ3v) is 9.35. The first-order valence-corrected chi connectivity index (χ1v) is 14.7. The van der Waals surface area contributed by atoms with Gasteiger partial charge in [-0.25, -0.2) is 0 Å². The number of thiophene rings is 1. The Hall–Kier alpha value is -3.17. The van der Waals surface area contributed by atoms with Crippen LogP contribution in [0, 0.1) is 5.92 Å². The summed E-state index contributed by atoms with van der Waals surface area (Å²) < 4.78 is 24.6. The molecule has 2 aliphatic heterocycles. The first-order chi connectivity index (χ1) is 19.0.